The van der Waals surface area contributed by atoms with Crippen molar-refractivity contribution in [1.29, 1.82) is 0 Å². The van der Waals surface area contributed by atoms with Crippen LogP contribution in [0.5, 0.6) is 11.5 Å². The number of ether oxygens (including phenoxy) is 2. The number of benzene rings is 2. The lowest BCUT2D eigenvalue weighted by atomic mass is 10.2. The summed E-state index contributed by atoms with van der Waals surface area (Å²) in [5.74, 6) is 2.05. The standard InChI is InChI=1S/C19H20N2O3/c1-23-17-12-15-16(13-18(17)24-2)21(10-11-22)19(20-15)9-8-14-6-4-3-5-7-14/h3-9,12-13,22H,10-11H2,1-2H3/b9-8+. The van der Waals surface area contributed by atoms with Gasteiger partial charge < -0.3 is 19.1 Å². The van der Waals surface area contributed by atoms with Crippen molar-refractivity contribution < 1.29 is 14.6 Å². The van der Waals surface area contributed by atoms with Crippen LogP contribution in [0.4, 0.5) is 0 Å². The van der Waals surface area contributed by atoms with Gasteiger partial charge in [0.25, 0.3) is 0 Å². The van der Waals surface area contributed by atoms with E-state index in [0.717, 1.165) is 22.4 Å². The summed E-state index contributed by atoms with van der Waals surface area (Å²) in [7, 11) is 3.21. The molecule has 1 N–H and O–H groups in total. The van der Waals surface area contributed by atoms with Crippen molar-refractivity contribution in [3.63, 3.8) is 0 Å². The van der Waals surface area contributed by atoms with Crippen molar-refractivity contribution in [2.24, 2.45) is 0 Å². The summed E-state index contributed by atoms with van der Waals surface area (Å²) in [6, 6.07) is 13.8. The van der Waals surface area contributed by atoms with Crippen molar-refractivity contribution in [3.8, 4) is 11.5 Å². The van der Waals surface area contributed by atoms with E-state index in [-0.39, 0.29) is 6.61 Å². The lowest BCUT2D eigenvalue weighted by molar-refractivity contribution is 0.277. The molecule has 0 spiro atoms. The second-order valence-corrected chi connectivity index (χ2v) is 5.29. The molecule has 124 valence electrons. The Bertz CT molecular complexity index is 854. The van der Waals surface area contributed by atoms with Crippen LogP contribution in [0.3, 0.4) is 0 Å². The molecule has 2 aromatic carbocycles. The van der Waals surface area contributed by atoms with Crippen LogP contribution in [-0.2, 0) is 6.54 Å². The van der Waals surface area contributed by atoms with Gasteiger partial charge in [0.05, 0.1) is 31.9 Å². The number of rotatable bonds is 6. The van der Waals surface area contributed by atoms with E-state index in [4.69, 9.17) is 9.47 Å². The fourth-order valence-corrected chi connectivity index (χ4v) is 2.67. The van der Waals surface area contributed by atoms with Crippen molar-refractivity contribution >= 4 is 23.2 Å². The van der Waals surface area contributed by atoms with Gasteiger partial charge >= 0.3 is 0 Å². The summed E-state index contributed by atoms with van der Waals surface area (Å²) in [5.41, 5.74) is 2.79. The van der Waals surface area contributed by atoms with Crippen molar-refractivity contribution in [3.05, 3.63) is 53.9 Å². The molecule has 0 saturated heterocycles. The van der Waals surface area contributed by atoms with Gasteiger partial charge in [-0.1, -0.05) is 36.4 Å². The van der Waals surface area contributed by atoms with Gasteiger partial charge in [0.15, 0.2) is 11.5 Å². The molecule has 1 heterocycles. The molecule has 0 amide bonds. The molecule has 24 heavy (non-hydrogen) atoms. The minimum absolute atomic E-state index is 0.0337. The monoisotopic (exact) mass is 324 g/mol. The number of aromatic nitrogens is 2. The molecule has 0 aliphatic carbocycles. The van der Waals surface area contributed by atoms with E-state index < -0.39 is 0 Å². The minimum Gasteiger partial charge on any atom is -0.493 e. The number of aliphatic hydroxyl groups is 1. The summed E-state index contributed by atoms with van der Waals surface area (Å²) in [6.45, 7) is 0.492. The highest BCUT2D eigenvalue weighted by atomic mass is 16.5. The molecule has 5 heteroatoms. The van der Waals surface area contributed by atoms with Crippen LogP contribution in [-0.4, -0.2) is 35.5 Å². The molecule has 0 aliphatic heterocycles. The zero-order chi connectivity index (χ0) is 16.9. The third-order valence-corrected chi connectivity index (χ3v) is 3.83. The molecule has 1 aromatic heterocycles. The lowest BCUT2D eigenvalue weighted by Gasteiger charge is -2.09. The van der Waals surface area contributed by atoms with E-state index in [1.54, 1.807) is 14.2 Å². The Balaban J connectivity index is 2.09. The van der Waals surface area contributed by atoms with Crippen LogP contribution in [0.25, 0.3) is 23.2 Å². The van der Waals surface area contributed by atoms with Crippen LogP contribution in [0.2, 0.25) is 0 Å². The largest absolute Gasteiger partial charge is 0.493 e. The Labute approximate surface area is 140 Å². The molecule has 0 atom stereocenters. The predicted molar refractivity (Wildman–Crippen MR) is 95.3 cm³/mol. The smallest absolute Gasteiger partial charge is 0.163 e. The first kappa shape index (κ1) is 16.1. The van der Waals surface area contributed by atoms with Crippen LogP contribution in [0, 0.1) is 0 Å². The van der Waals surface area contributed by atoms with Crippen molar-refractivity contribution in [1.82, 2.24) is 9.55 Å². The molecule has 3 rings (SSSR count). The van der Waals surface area contributed by atoms with Crippen LogP contribution < -0.4 is 9.47 Å². The third-order valence-electron chi connectivity index (χ3n) is 3.83. The second-order valence-electron chi connectivity index (χ2n) is 5.29. The Hall–Kier alpha value is -2.79. The van der Waals surface area contributed by atoms with Gasteiger partial charge in [-0.05, 0) is 11.6 Å². The van der Waals surface area contributed by atoms with E-state index in [1.165, 1.54) is 0 Å². The molecule has 0 bridgehead atoms. The van der Waals surface area contributed by atoms with Gasteiger partial charge in [-0.3, -0.25) is 0 Å². The molecule has 0 unspecified atom stereocenters. The van der Waals surface area contributed by atoms with Gasteiger partial charge in [-0.15, -0.1) is 0 Å². The molecule has 0 saturated carbocycles. The number of imidazole rings is 1. The van der Waals surface area contributed by atoms with Gasteiger partial charge in [0, 0.05) is 18.7 Å². The normalized spacial score (nSPS) is 11.3. The zero-order valence-electron chi connectivity index (χ0n) is 13.8. The molecule has 5 nitrogen and oxygen atoms in total. The summed E-state index contributed by atoms with van der Waals surface area (Å²) < 4.78 is 12.7. The second kappa shape index (κ2) is 7.19. The fraction of sp³-hybridized carbons (Fsp3) is 0.211. The maximum Gasteiger partial charge on any atom is 0.163 e. The molecular weight excluding hydrogens is 304 g/mol. The molecular formula is C19H20N2O3. The maximum absolute atomic E-state index is 9.41. The number of fused-ring (bicyclic) bond motifs is 1. The summed E-state index contributed by atoms with van der Waals surface area (Å²) in [4.78, 5) is 4.66. The summed E-state index contributed by atoms with van der Waals surface area (Å²) in [5, 5.41) is 9.41. The van der Waals surface area contributed by atoms with E-state index >= 15 is 0 Å². The summed E-state index contributed by atoms with van der Waals surface area (Å²) in [6.07, 6.45) is 3.95. The van der Waals surface area contributed by atoms with E-state index in [0.29, 0.717) is 18.0 Å². The van der Waals surface area contributed by atoms with E-state index in [9.17, 15) is 5.11 Å². The van der Waals surface area contributed by atoms with Gasteiger partial charge in [0.2, 0.25) is 0 Å². The first-order valence-corrected chi connectivity index (χ1v) is 7.73. The van der Waals surface area contributed by atoms with Gasteiger partial charge in [-0.2, -0.15) is 0 Å². The highest BCUT2D eigenvalue weighted by molar-refractivity contribution is 5.83. The molecule has 0 radical (unpaired) electrons. The number of methoxy groups -OCH3 is 2. The molecule has 3 aromatic rings. The number of hydrogen-bond donors (Lipinski definition) is 1. The quantitative estimate of drug-likeness (QED) is 0.756. The van der Waals surface area contributed by atoms with E-state index in [2.05, 4.69) is 4.98 Å². The zero-order valence-corrected chi connectivity index (χ0v) is 13.8. The van der Waals surface area contributed by atoms with Crippen LogP contribution >= 0.6 is 0 Å². The highest BCUT2D eigenvalue weighted by Crippen LogP contribution is 2.32. The van der Waals surface area contributed by atoms with Gasteiger partial charge in [-0.25, -0.2) is 4.98 Å². The Kier molecular flexibility index (Phi) is 4.82. The Morgan fingerprint density at radius 1 is 1.04 bits per heavy atom. The average molecular weight is 324 g/mol. The third kappa shape index (κ3) is 3.12. The predicted octanol–water partition coefficient (Wildman–Crippen LogP) is 3.22. The van der Waals surface area contributed by atoms with Gasteiger partial charge in [0.1, 0.15) is 5.82 Å². The molecule has 0 fully saturated rings. The average Bonchev–Trinajstić information content (AvgIpc) is 2.96. The topological polar surface area (TPSA) is 56.5 Å². The van der Waals surface area contributed by atoms with Crippen molar-refractivity contribution in [2.45, 2.75) is 6.54 Å². The number of nitrogens with zero attached hydrogens (tertiary/aromatic N) is 2. The lowest BCUT2D eigenvalue weighted by Crippen LogP contribution is -2.04. The fourth-order valence-electron chi connectivity index (χ4n) is 2.67. The maximum atomic E-state index is 9.41. The first-order valence-electron chi connectivity index (χ1n) is 7.73. The first-order chi connectivity index (χ1) is 11.8. The Morgan fingerprint density at radius 3 is 2.42 bits per heavy atom. The minimum atomic E-state index is 0.0337. The van der Waals surface area contributed by atoms with Crippen LogP contribution in [0.1, 0.15) is 11.4 Å². The van der Waals surface area contributed by atoms with Crippen molar-refractivity contribution in [2.75, 3.05) is 20.8 Å². The molecule has 0 aliphatic rings. The van der Waals surface area contributed by atoms with E-state index in [1.807, 2.05) is 59.2 Å². The van der Waals surface area contributed by atoms with Crippen LogP contribution in [0.15, 0.2) is 42.5 Å². The summed E-state index contributed by atoms with van der Waals surface area (Å²) >= 11 is 0. The SMILES string of the molecule is COc1cc2nc(/C=C/c3ccccc3)n(CCO)c2cc1OC. The number of hydrogen-bond acceptors (Lipinski definition) is 4. The highest BCUT2D eigenvalue weighted by Gasteiger charge is 2.13. The Morgan fingerprint density at radius 2 is 1.75 bits per heavy atom. The number of aliphatic hydroxyl groups excluding tert-OH is 1.